The van der Waals surface area contributed by atoms with Gasteiger partial charge in [0.1, 0.15) is 5.75 Å². The lowest BCUT2D eigenvalue weighted by molar-refractivity contribution is -0.150. The van der Waals surface area contributed by atoms with Crippen molar-refractivity contribution in [3.63, 3.8) is 0 Å². The minimum atomic E-state index is -1.01. The Morgan fingerprint density at radius 3 is 2.56 bits per heavy atom. The van der Waals surface area contributed by atoms with E-state index in [4.69, 9.17) is 10.00 Å². The molecule has 4 heteroatoms. The lowest BCUT2D eigenvalue weighted by Crippen LogP contribution is -2.39. The Hall–Kier alpha value is -2.02. The summed E-state index contributed by atoms with van der Waals surface area (Å²) in [6.07, 6.45) is -0.746. The van der Waals surface area contributed by atoms with Crippen LogP contribution in [-0.2, 0) is 11.2 Å². The zero-order valence-electron chi connectivity index (χ0n) is 10.8. The molecule has 0 heterocycles. The first-order chi connectivity index (χ1) is 8.36. The fourth-order valence-electron chi connectivity index (χ4n) is 1.57. The molecule has 0 fully saturated rings. The highest BCUT2D eigenvalue weighted by atomic mass is 16.5. The molecular formula is C14H17NO3. The first-order valence-electron chi connectivity index (χ1n) is 5.70. The summed E-state index contributed by atoms with van der Waals surface area (Å²) in [5.74, 6) is -0.546. The van der Waals surface area contributed by atoms with Crippen LogP contribution in [0.2, 0.25) is 0 Å². The minimum Gasteiger partial charge on any atom is -0.478 e. The molecule has 0 aromatic heterocycles. The lowest BCUT2D eigenvalue weighted by atomic mass is 9.89. The van der Waals surface area contributed by atoms with E-state index in [2.05, 4.69) is 0 Å². The molecule has 1 aromatic rings. The number of nitrogens with zero attached hydrogens (tertiary/aromatic N) is 1. The van der Waals surface area contributed by atoms with Gasteiger partial charge in [0.25, 0.3) is 0 Å². The zero-order valence-corrected chi connectivity index (χ0v) is 10.8. The quantitative estimate of drug-likeness (QED) is 0.887. The van der Waals surface area contributed by atoms with Crippen LogP contribution in [0.3, 0.4) is 0 Å². The second-order valence-electron chi connectivity index (χ2n) is 5.14. The SMILES string of the molecule is CC(C)(C)C(Oc1ccccc1CC#N)C(=O)O. The number of carboxylic acids is 1. The molecule has 0 amide bonds. The molecule has 0 aliphatic rings. The van der Waals surface area contributed by atoms with Crippen molar-refractivity contribution >= 4 is 5.97 Å². The summed E-state index contributed by atoms with van der Waals surface area (Å²) in [7, 11) is 0. The summed E-state index contributed by atoms with van der Waals surface area (Å²) in [6.45, 7) is 5.41. The summed E-state index contributed by atoms with van der Waals surface area (Å²) in [6, 6.07) is 9.05. The van der Waals surface area contributed by atoms with Gasteiger partial charge in [-0.2, -0.15) is 5.26 Å². The minimum absolute atomic E-state index is 0.201. The number of hydrogen-bond donors (Lipinski definition) is 1. The molecule has 18 heavy (non-hydrogen) atoms. The van der Waals surface area contributed by atoms with E-state index in [0.717, 1.165) is 0 Å². The average Bonchev–Trinajstić information content (AvgIpc) is 2.26. The highest BCUT2D eigenvalue weighted by molar-refractivity contribution is 5.73. The molecule has 1 atom stereocenters. The Morgan fingerprint density at radius 2 is 2.06 bits per heavy atom. The van der Waals surface area contributed by atoms with E-state index in [1.807, 2.05) is 6.07 Å². The number of para-hydroxylation sites is 1. The van der Waals surface area contributed by atoms with Crippen LogP contribution in [0.1, 0.15) is 26.3 Å². The number of carboxylic acid groups (broad SMARTS) is 1. The van der Waals surface area contributed by atoms with Gasteiger partial charge in [-0.05, 0) is 6.07 Å². The van der Waals surface area contributed by atoms with Crippen LogP contribution in [-0.4, -0.2) is 17.2 Å². The van der Waals surface area contributed by atoms with E-state index in [9.17, 15) is 9.90 Å². The summed E-state index contributed by atoms with van der Waals surface area (Å²) in [4.78, 5) is 11.2. The fourth-order valence-corrected chi connectivity index (χ4v) is 1.57. The van der Waals surface area contributed by atoms with Crippen LogP contribution >= 0.6 is 0 Å². The number of hydrogen-bond acceptors (Lipinski definition) is 3. The Bertz CT molecular complexity index is 469. The summed E-state index contributed by atoms with van der Waals surface area (Å²) >= 11 is 0. The zero-order chi connectivity index (χ0) is 13.8. The van der Waals surface area contributed by atoms with E-state index < -0.39 is 17.5 Å². The maximum Gasteiger partial charge on any atom is 0.345 e. The van der Waals surface area contributed by atoms with Crippen molar-refractivity contribution in [2.75, 3.05) is 0 Å². The monoisotopic (exact) mass is 247 g/mol. The molecule has 1 N–H and O–H groups in total. The first-order valence-corrected chi connectivity index (χ1v) is 5.70. The van der Waals surface area contributed by atoms with Crippen LogP contribution in [0.15, 0.2) is 24.3 Å². The van der Waals surface area contributed by atoms with Gasteiger partial charge in [0.05, 0.1) is 12.5 Å². The van der Waals surface area contributed by atoms with E-state index in [1.165, 1.54) is 0 Å². The van der Waals surface area contributed by atoms with Crippen LogP contribution in [0, 0.1) is 16.7 Å². The predicted octanol–water partition coefficient (Wildman–Crippen LogP) is 2.63. The van der Waals surface area contributed by atoms with Gasteiger partial charge in [-0.25, -0.2) is 4.79 Å². The number of carbonyl (C=O) groups is 1. The molecule has 0 bridgehead atoms. The lowest BCUT2D eigenvalue weighted by Gasteiger charge is -2.28. The third-order valence-electron chi connectivity index (χ3n) is 2.50. The molecule has 0 aliphatic carbocycles. The van der Waals surface area contributed by atoms with Gasteiger partial charge < -0.3 is 9.84 Å². The largest absolute Gasteiger partial charge is 0.478 e. The van der Waals surface area contributed by atoms with Crippen LogP contribution in [0.5, 0.6) is 5.75 Å². The molecule has 1 aromatic carbocycles. The Balaban J connectivity index is 3.02. The predicted molar refractivity (Wildman–Crippen MR) is 67.3 cm³/mol. The molecule has 0 saturated carbocycles. The van der Waals surface area contributed by atoms with Gasteiger partial charge in [0.2, 0.25) is 0 Å². The number of benzene rings is 1. The average molecular weight is 247 g/mol. The number of ether oxygens (including phenoxy) is 1. The van der Waals surface area contributed by atoms with Gasteiger partial charge in [0.15, 0.2) is 6.10 Å². The maximum atomic E-state index is 11.2. The maximum absolute atomic E-state index is 11.2. The number of rotatable bonds is 4. The molecule has 0 radical (unpaired) electrons. The van der Waals surface area contributed by atoms with Crippen LogP contribution < -0.4 is 4.74 Å². The molecule has 1 rings (SSSR count). The summed E-state index contributed by atoms with van der Waals surface area (Å²) in [5, 5.41) is 17.9. The molecule has 1 unspecified atom stereocenters. The molecule has 0 spiro atoms. The van der Waals surface area contributed by atoms with Crippen molar-refractivity contribution in [2.24, 2.45) is 5.41 Å². The Morgan fingerprint density at radius 1 is 1.44 bits per heavy atom. The van der Waals surface area contributed by atoms with Crippen molar-refractivity contribution in [3.8, 4) is 11.8 Å². The van der Waals surface area contributed by atoms with Crippen LogP contribution in [0.25, 0.3) is 0 Å². The Labute approximate surface area is 107 Å². The summed E-state index contributed by atoms with van der Waals surface area (Å²) < 4.78 is 5.57. The third kappa shape index (κ3) is 3.49. The van der Waals surface area contributed by atoms with Gasteiger partial charge >= 0.3 is 5.97 Å². The van der Waals surface area contributed by atoms with Gasteiger partial charge in [-0.3, -0.25) is 0 Å². The second-order valence-corrected chi connectivity index (χ2v) is 5.14. The number of nitriles is 1. The molecular weight excluding hydrogens is 230 g/mol. The van der Waals surface area contributed by atoms with Crippen LogP contribution in [0.4, 0.5) is 0 Å². The first kappa shape index (κ1) is 14.0. The van der Waals surface area contributed by atoms with Gasteiger partial charge in [-0.1, -0.05) is 39.0 Å². The standard InChI is InChI=1S/C14H17NO3/c1-14(2,3)12(13(16)17)18-11-7-5-4-6-10(11)8-9-15/h4-7,12H,8H2,1-3H3,(H,16,17). The second kappa shape index (κ2) is 5.54. The smallest absolute Gasteiger partial charge is 0.345 e. The highest BCUT2D eigenvalue weighted by Crippen LogP contribution is 2.27. The highest BCUT2D eigenvalue weighted by Gasteiger charge is 2.33. The van der Waals surface area contributed by atoms with E-state index in [1.54, 1.807) is 45.0 Å². The van der Waals surface area contributed by atoms with Gasteiger partial charge in [-0.15, -0.1) is 0 Å². The number of aliphatic carboxylic acids is 1. The molecule has 96 valence electrons. The van der Waals surface area contributed by atoms with E-state index >= 15 is 0 Å². The fraction of sp³-hybridized carbons (Fsp3) is 0.429. The van der Waals surface area contributed by atoms with Crippen molar-refractivity contribution in [1.82, 2.24) is 0 Å². The molecule has 0 saturated heterocycles. The van der Waals surface area contributed by atoms with E-state index in [-0.39, 0.29) is 6.42 Å². The normalized spacial score (nSPS) is 12.6. The van der Waals surface area contributed by atoms with Gasteiger partial charge in [0, 0.05) is 11.0 Å². The van der Waals surface area contributed by atoms with Crippen molar-refractivity contribution in [1.29, 1.82) is 5.26 Å². The molecule has 0 aliphatic heterocycles. The van der Waals surface area contributed by atoms with E-state index in [0.29, 0.717) is 11.3 Å². The summed E-state index contributed by atoms with van der Waals surface area (Å²) in [5.41, 5.74) is 0.182. The molecule has 4 nitrogen and oxygen atoms in total. The van der Waals surface area contributed by atoms with Crippen molar-refractivity contribution in [2.45, 2.75) is 33.3 Å². The van der Waals surface area contributed by atoms with Crippen molar-refractivity contribution < 1.29 is 14.6 Å². The topological polar surface area (TPSA) is 70.3 Å². The Kier molecular flexibility index (Phi) is 4.33. The van der Waals surface area contributed by atoms with Crippen molar-refractivity contribution in [3.05, 3.63) is 29.8 Å². The third-order valence-corrected chi connectivity index (χ3v) is 2.50.